The minimum atomic E-state index is -2.83. The van der Waals surface area contributed by atoms with Crippen molar-refractivity contribution in [2.24, 2.45) is 0 Å². The minimum absolute atomic E-state index is 0.197. The van der Waals surface area contributed by atoms with Gasteiger partial charge in [-0.05, 0) is 6.42 Å². The van der Waals surface area contributed by atoms with Crippen LogP contribution < -0.4 is 5.32 Å². The maximum atomic E-state index is 10.8. The molecular formula is C10H23NO3S. The summed E-state index contributed by atoms with van der Waals surface area (Å²) < 4.78 is 26.9. The van der Waals surface area contributed by atoms with Gasteiger partial charge in [0.2, 0.25) is 0 Å². The van der Waals surface area contributed by atoms with Crippen molar-refractivity contribution >= 4 is 9.84 Å². The summed E-state index contributed by atoms with van der Waals surface area (Å²) in [7, 11) is -2.83. The van der Waals surface area contributed by atoms with Crippen LogP contribution in [-0.2, 0) is 14.6 Å². The third kappa shape index (κ3) is 13.9. The smallest absolute Gasteiger partial charge is 0.148 e. The maximum absolute atomic E-state index is 10.8. The molecule has 15 heavy (non-hydrogen) atoms. The van der Waals surface area contributed by atoms with E-state index in [1.165, 1.54) is 19.1 Å². The van der Waals surface area contributed by atoms with Crippen molar-refractivity contribution in [3.8, 4) is 0 Å². The highest BCUT2D eigenvalue weighted by Gasteiger charge is 1.99. The van der Waals surface area contributed by atoms with Crippen molar-refractivity contribution in [2.45, 2.75) is 26.2 Å². The van der Waals surface area contributed by atoms with Crippen LogP contribution in [0.4, 0.5) is 0 Å². The van der Waals surface area contributed by atoms with Crippen molar-refractivity contribution in [3.63, 3.8) is 0 Å². The molecule has 0 unspecified atom stereocenters. The molecule has 5 heteroatoms. The molecule has 0 saturated heterocycles. The van der Waals surface area contributed by atoms with Gasteiger partial charge in [0, 0.05) is 26.0 Å². The zero-order valence-electron chi connectivity index (χ0n) is 9.79. The third-order valence-corrected chi connectivity index (χ3v) is 2.91. The number of sulfone groups is 1. The Morgan fingerprint density at radius 3 is 2.47 bits per heavy atom. The average Bonchev–Trinajstić information content (AvgIpc) is 2.14. The summed E-state index contributed by atoms with van der Waals surface area (Å²) in [5.74, 6) is 0.197. The highest BCUT2D eigenvalue weighted by atomic mass is 32.2. The van der Waals surface area contributed by atoms with Crippen LogP contribution in [0.15, 0.2) is 0 Å². The van der Waals surface area contributed by atoms with Crippen molar-refractivity contribution in [2.75, 3.05) is 38.3 Å². The van der Waals surface area contributed by atoms with Crippen LogP contribution in [0.5, 0.6) is 0 Å². The Bertz CT molecular complexity index is 227. The van der Waals surface area contributed by atoms with E-state index in [1.54, 1.807) is 0 Å². The first-order valence-electron chi connectivity index (χ1n) is 5.52. The summed E-state index contributed by atoms with van der Waals surface area (Å²) in [6.07, 6.45) is 4.77. The van der Waals surface area contributed by atoms with E-state index >= 15 is 0 Å². The Hall–Kier alpha value is -0.130. The fourth-order valence-electron chi connectivity index (χ4n) is 1.08. The molecule has 92 valence electrons. The van der Waals surface area contributed by atoms with Crippen molar-refractivity contribution in [1.29, 1.82) is 0 Å². The molecule has 0 bridgehead atoms. The molecule has 0 aliphatic carbocycles. The fraction of sp³-hybridized carbons (Fsp3) is 1.00. The largest absolute Gasteiger partial charge is 0.380 e. The molecule has 0 radical (unpaired) electrons. The lowest BCUT2D eigenvalue weighted by Crippen LogP contribution is -2.25. The van der Waals surface area contributed by atoms with Gasteiger partial charge in [0.15, 0.2) is 0 Å². The van der Waals surface area contributed by atoms with Gasteiger partial charge in [0.05, 0.1) is 12.4 Å². The highest BCUT2D eigenvalue weighted by molar-refractivity contribution is 7.90. The van der Waals surface area contributed by atoms with E-state index in [-0.39, 0.29) is 5.75 Å². The SMILES string of the molecule is CCCCCOCCNCCS(C)(=O)=O. The first-order valence-corrected chi connectivity index (χ1v) is 7.58. The average molecular weight is 237 g/mol. The zero-order chi connectivity index (χ0) is 11.6. The van der Waals surface area contributed by atoms with E-state index in [4.69, 9.17) is 4.74 Å². The van der Waals surface area contributed by atoms with Crippen LogP contribution in [0.3, 0.4) is 0 Å². The van der Waals surface area contributed by atoms with Crippen LogP contribution in [0.1, 0.15) is 26.2 Å². The van der Waals surface area contributed by atoms with Gasteiger partial charge in [0.25, 0.3) is 0 Å². The van der Waals surface area contributed by atoms with E-state index < -0.39 is 9.84 Å². The minimum Gasteiger partial charge on any atom is -0.380 e. The first kappa shape index (κ1) is 14.9. The van der Waals surface area contributed by atoms with E-state index in [9.17, 15) is 8.42 Å². The second-order valence-corrected chi connectivity index (χ2v) is 5.96. The Morgan fingerprint density at radius 2 is 1.87 bits per heavy atom. The first-order chi connectivity index (χ1) is 7.06. The molecule has 0 spiro atoms. The molecule has 0 aromatic rings. The number of nitrogens with one attached hydrogen (secondary N) is 1. The van der Waals surface area contributed by atoms with Gasteiger partial charge in [0.1, 0.15) is 9.84 Å². The van der Waals surface area contributed by atoms with Gasteiger partial charge in [-0.15, -0.1) is 0 Å². The van der Waals surface area contributed by atoms with Gasteiger partial charge in [-0.3, -0.25) is 0 Å². The second-order valence-electron chi connectivity index (χ2n) is 3.70. The van der Waals surface area contributed by atoms with E-state index in [0.717, 1.165) is 19.6 Å². The topological polar surface area (TPSA) is 55.4 Å². The quantitative estimate of drug-likeness (QED) is 0.572. The Labute approximate surface area is 93.3 Å². The van der Waals surface area contributed by atoms with Gasteiger partial charge < -0.3 is 10.1 Å². The molecule has 0 heterocycles. The molecule has 1 N–H and O–H groups in total. The third-order valence-electron chi connectivity index (χ3n) is 1.97. The molecule has 0 amide bonds. The summed E-state index contributed by atoms with van der Waals surface area (Å²) in [5, 5.41) is 3.03. The highest BCUT2D eigenvalue weighted by Crippen LogP contribution is 1.93. The zero-order valence-corrected chi connectivity index (χ0v) is 10.6. The standard InChI is InChI=1S/C10H23NO3S/c1-3-4-5-8-14-9-6-11-7-10-15(2,12)13/h11H,3-10H2,1-2H3. The molecule has 4 nitrogen and oxygen atoms in total. The van der Waals surface area contributed by atoms with E-state index in [0.29, 0.717) is 13.2 Å². The van der Waals surface area contributed by atoms with Crippen LogP contribution in [0.25, 0.3) is 0 Å². The van der Waals surface area contributed by atoms with Crippen LogP contribution >= 0.6 is 0 Å². The van der Waals surface area contributed by atoms with Gasteiger partial charge in [-0.2, -0.15) is 0 Å². The van der Waals surface area contributed by atoms with Gasteiger partial charge in [-0.25, -0.2) is 8.42 Å². The lowest BCUT2D eigenvalue weighted by molar-refractivity contribution is 0.132. The van der Waals surface area contributed by atoms with Crippen molar-refractivity contribution < 1.29 is 13.2 Å². The number of ether oxygens (including phenoxy) is 1. The summed E-state index contributed by atoms with van der Waals surface area (Å²) in [4.78, 5) is 0. The lowest BCUT2D eigenvalue weighted by atomic mass is 10.3. The Morgan fingerprint density at radius 1 is 1.13 bits per heavy atom. The predicted molar refractivity (Wildman–Crippen MR) is 62.9 cm³/mol. The summed E-state index contributed by atoms with van der Waals surface area (Å²) in [5.41, 5.74) is 0. The number of unbranched alkanes of at least 4 members (excludes halogenated alkanes) is 2. The molecule has 0 aliphatic heterocycles. The van der Waals surface area contributed by atoms with Gasteiger partial charge >= 0.3 is 0 Å². The van der Waals surface area contributed by atoms with Crippen molar-refractivity contribution in [1.82, 2.24) is 5.32 Å². The lowest BCUT2D eigenvalue weighted by Gasteiger charge is -2.05. The Kier molecular flexibility index (Phi) is 9.04. The van der Waals surface area contributed by atoms with Crippen LogP contribution in [-0.4, -0.2) is 46.7 Å². The maximum Gasteiger partial charge on any atom is 0.148 e. The Balaban J connectivity index is 3.06. The van der Waals surface area contributed by atoms with E-state index in [1.807, 2.05) is 0 Å². The second kappa shape index (κ2) is 9.12. The van der Waals surface area contributed by atoms with Crippen LogP contribution in [0, 0.1) is 0 Å². The summed E-state index contributed by atoms with van der Waals surface area (Å²) in [6, 6.07) is 0. The normalized spacial score (nSPS) is 11.9. The molecular weight excluding hydrogens is 214 g/mol. The summed E-state index contributed by atoms with van der Waals surface area (Å²) >= 11 is 0. The monoisotopic (exact) mass is 237 g/mol. The molecule has 0 aliphatic rings. The predicted octanol–water partition coefficient (Wildman–Crippen LogP) is 0.827. The summed E-state index contributed by atoms with van der Waals surface area (Å²) in [6.45, 7) is 4.86. The van der Waals surface area contributed by atoms with E-state index in [2.05, 4.69) is 12.2 Å². The molecule has 0 aromatic carbocycles. The molecule has 0 fully saturated rings. The van der Waals surface area contributed by atoms with Crippen molar-refractivity contribution in [3.05, 3.63) is 0 Å². The van der Waals surface area contributed by atoms with Crippen LogP contribution in [0.2, 0.25) is 0 Å². The van der Waals surface area contributed by atoms with Gasteiger partial charge in [-0.1, -0.05) is 19.8 Å². The molecule has 0 rings (SSSR count). The molecule has 0 atom stereocenters. The molecule has 0 saturated carbocycles. The number of rotatable bonds is 10. The fourth-order valence-corrected chi connectivity index (χ4v) is 1.60. The number of hydrogen-bond donors (Lipinski definition) is 1. The molecule has 0 aromatic heterocycles. The number of hydrogen-bond acceptors (Lipinski definition) is 4.